The smallest absolute Gasteiger partial charge is 0.462 e. The van der Waals surface area contributed by atoms with Gasteiger partial charge < -0.3 is 33.8 Å². The van der Waals surface area contributed by atoms with Crippen molar-refractivity contribution in [2.45, 2.75) is 354 Å². The number of hydrogen-bond acceptors (Lipinski definition) is 15. The van der Waals surface area contributed by atoms with E-state index in [9.17, 15) is 43.2 Å². The number of aliphatic hydroxyl groups is 1. The van der Waals surface area contributed by atoms with Crippen LogP contribution >= 0.6 is 15.6 Å². The van der Waals surface area contributed by atoms with Crippen LogP contribution in [0.1, 0.15) is 336 Å². The highest BCUT2D eigenvalue weighted by Crippen LogP contribution is 2.45. The predicted molar refractivity (Wildman–Crippen MR) is 454 cm³/mol. The lowest BCUT2D eigenvalue weighted by Crippen LogP contribution is -2.30. The number of esters is 4. The van der Waals surface area contributed by atoms with Gasteiger partial charge in [0.1, 0.15) is 19.3 Å². The average molecular weight is 1580 g/mol. The molecule has 628 valence electrons. The zero-order valence-corrected chi connectivity index (χ0v) is 70.7. The Balaban J connectivity index is 5.46. The first-order valence-electron chi connectivity index (χ1n) is 42.7. The molecule has 0 spiro atoms. The molecule has 19 heteroatoms. The van der Waals surface area contributed by atoms with Crippen LogP contribution in [-0.4, -0.2) is 96.7 Å². The monoisotopic (exact) mass is 1580 g/mol. The van der Waals surface area contributed by atoms with Crippen LogP contribution in [0.4, 0.5) is 0 Å². The normalized spacial score (nSPS) is 14.6. The van der Waals surface area contributed by atoms with E-state index in [2.05, 4.69) is 167 Å². The first-order valence-corrected chi connectivity index (χ1v) is 45.7. The third-order valence-electron chi connectivity index (χ3n) is 17.5. The highest BCUT2D eigenvalue weighted by molar-refractivity contribution is 7.47. The van der Waals surface area contributed by atoms with Gasteiger partial charge in [-0.2, -0.15) is 0 Å². The highest BCUT2D eigenvalue weighted by atomic mass is 31.2. The number of aliphatic hydroxyl groups excluding tert-OH is 1. The molecule has 0 saturated heterocycles. The van der Waals surface area contributed by atoms with Crippen LogP contribution in [0.5, 0.6) is 0 Å². The summed E-state index contributed by atoms with van der Waals surface area (Å²) >= 11 is 0. The van der Waals surface area contributed by atoms with Crippen LogP contribution in [-0.2, 0) is 65.4 Å². The lowest BCUT2D eigenvalue weighted by atomic mass is 10.1. The topological polar surface area (TPSA) is 237 Å². The summed E-state index contributed by atoms with van der Waals surface area (Å²) in [5.41, 5.74) is 0. The molecule has 0 amide bonds. The number of ether oxygens (including phenoxy) is 4. The van der Waals surface area contributed by atoms with Crippen LogP contribution in [0.25, 0.3) is 0 Å². The molecular weight excluding hydrogens is 1430 g/mol. The van der Waals surface area contributed by atoms with E-state index in [1.807, 2.05) is 18.2 Å². The Morgan fingerprint density at radius 2 is 0.491 bits per heavy atom. The van der Waals surface area contributed by atoms with Gasteiger partial charge in [0.15, 0.2) is 12.2 Å². The SMILES string of the molecule is CC/C=C\C/C=C\C/C=C\C/C=C\C/C=C\C/C=C\CCC(=O)OCC(COP(=O)(O)OCC(O)COP(=O)(O)OCC(COC(=O)CCCCCCCC/C=C\C/C=C\C/C=C\CCCCC)OC(=O)CCCCCCCCC/C=C\C/C=C\C/C=C\CC)OC(=O)CCCCCCC/C=C\CCCCCCCC. The van der Waals surface area contributed by atoms with Gasteiger partial charge in [0.2, 0.25) is 0 Å². The number of carbonyl (C=O) groups excluding carboxylic acids is 4. The van der Waals surface area contributed by atoms with Crippen LogP contribution in [0.2, 0.25) is 0 Å². The summed E-state index contributed by atoms with van der Waals surface area (Å²) in [6.07, 6.45) is 96.4. The van der Waals surface area contributed by atoms with Crippen LogP contribution in [0, 0.1) is 0 Å². The van der Waals surface area contributed by atoms with E-state index in [0.29, 0.717) is 32.1 Å². The maximum absolute atomic E-state index is 13.1. The fraction of sp³-hybridized carbons (Fsp3) is 0.670. The number of rotatable bonds is 79. The van der Waals surface area contributed by atoms with Gasteiger partial charge in [-0.25, -0.2) is 9.13 Å². The van der Waals surface area contributed by atoms with E-state index < -0.39 is 97.5 Å². The minimum atomic E-state index is -5.01. The van der Waals surface area contributed by atoms with Gasteiger partial charge in [-0.05, 0) is 161 Å². The van der Waals surface area contributed by atoms with Crippen molar-refractivity contribution in [3.8, 4) is 0 Å². The van der Waals surface area contributed by atoms with E-state index in [4.69, 9.17) is 37.0 Å². The molecule has 110 heavy (non-hydrogen) atoms. The third kappa shape index (κ3) is 80.7. The third-order valence-corrected chi connectivity index (χ3v) is 19.4. The molecule has 0 aromatic heterocycles. The standard InChI is InChI=1S/C91H152O17P2/c1-5-9-13-17-21-25-29-33-37-40-42-45-48-51-55-59-63-67-71-75-88(93)101-81-86(107-90(95)77-73-69-65-61-57-53-47-36-32-28-24-20-16-12-8-4)83-105-109(97,98)103-79-85(92)80-104-110(99,100)106-84-87(108-91(96)78-74-70-66-62-58-54-50-44-39-35-31-27-23-19-15-11-7-3)82-102-89(94)76-72-68-64-60-56-52-49-46-43-41-38-34-30-26-22-18-14-10-6-2/h9,11,13,15,21-23,25-27,33-39,42-43,45-47,51,55,63,67,85-87,92H,5-8,10,12,14,16-20,24,28-32,40-41,44,48-50,52-54,56-62,64-66,68-84H2,1-4H3,(H,97,98)(H,99,100)/b13-9-,15-11-,25-21-,26-22-,27-23-,37-33-,38-34-,39-35-,45-42-,46-43-,47-36-,55-51-,67-63-. The van der Waals surface area contributed by atoms with Crippen molar-refractivity contribution in [3.63, 3.8) is 0 Å². The molecule has 5 unspecified atom stereocenters. The van der Waals surface area contributed by atoms with Crippen molar-refractivity contribution in [1.82, 2.24) is 0 Å². The lowest BCUT2D eigenvalue weighted by Gasteiger charge is -2.21. The molecular formula is C91H152O17P2. The Labute approximate surface area is 668 Å². The molecule has 0 fully saturated rings. The summed E-state index contributed by atoms with van der Waals surface area (Å²) in [6, 6.07) is 0. The molecule has 0 saturated carbocycles. The van der Waals surface area contributed by atoms with Crippen molar-refractivity contribution in [2.75, 3.05) is 39.6 Å². The van der Waals surface area contributed by atoms with E-state index >= 15 is 0 Å². The number of carbonyl (C=O) groups is 4. The van der Waals surface area contributed by atoms with Crippen molar-refractivity contribution in [1.29, 1.82) is 0 Å². The Hall–Kier alpha value is -5.32. The van der Waals surface area contributed by atoms with Crippen molar-refractivity contribution >= 4 is 39.5 Å². The quantitative estimate of drug-likeness (QED) is 0.0169. The molecule has 0 rings (SSSR count). The van der Waals surface area contributed by atoms with Gasteiger partial charge in [0.05, 0.1) is 26.4 Å². The molecule has 0 bridgehead atoms. The molecule has 3 N–H and O–H groups in total. The summed E-state index contributed by atoms with van der Waals surface area (Å²) < 4.78 is 68.7. The number of unbranched alkanes of at least 4 members (excludes halogenated alkanes) is 27. The minimum absolute atomic E-state index is 0.0307. The molecule has 0 aliphatic rings. The Morgan fingerprint density at radius 3 is 0.809 bits per heavy atom. The van der Waals surface area contributed by atoms with E-state index in [0.717, 1.165) is 193 Å². The molecule has 5 atom stereocenters. The molecule has 0 heterocycles. The highest BCUT2D eigenvalue weighted by Gasteiger charge is 2.30. The van der Waals surface area contributed by atoms with E-state index in [1.54, 1.807) is 0 Å². The zero-order valence-electron chi connectivity index (χ0n) is 68.9. The van der Waals surface area contributed by atoms with Gasteiger partial charge in [0.25, 0.3) is 0 Å². The predicted octanol–water partition coefficient (Wildman–Crippen LogP) is 25.6. The largest absolute Gasteiger partial charge is 0.472 e. The summed E-state index contributed by atoms with van der Waals surface area (Å²) in [4.78, 5) is 73.2. The van der Waals surface area contributed by atoms with Gasteiger partial charge in [-0.15, -0.1) is 0 Å². The summed E-state index contributed by atoms with van der Waals surface area (Å²) in [5, 5.41) is 10.7. The summed E-state index contributed by atoms with van der Waals surface area (Å²) in [7, 11) is -10.0. The summed E-state index contributed by atoms with van der Waals surface area (Å²) in [6.45, 7) is 4.53. The van der Waals surface area contributed by atoms with Crippen LogP contribution < -0.4 is 0 Å². The first kappa shape index (κ1) is 105. The number of phosphoric acid groups is 2. The molecule has 0 aromatic carbocycles. The molecule has 0 aliphatic carbocycles. The van der Waals surface area contributed by atoms with Crippen molar-refractivity contribution in [2.24, 2.45) is 0 Å². The maximum atomic E-state index is 13.1. The number of hydrogen-bond donors (Lipinski definition) is 3. The lowest BCUT2D eigenvalue weighted by molar-refractivity contribution is -0.161. The zero-order chi connectivity index (χ0) is 80.3. The summed E-state index contributed by atoms with van der Waals surface area (Å²) in [5.74, 6) is -2.31. The molecule has 0 aliphatic heterocycles. The van der Waals surface area contributed by atoms with Gasteiger partial charge >= 0.3 is 39.5 Å². The fourth-order valence-electron chi connectivity index (χ4n) is 11.0. The first-order chi connectivity index (χ1) is 53.7. The van der Waals surface area contributed by atoms with Crippen LogP contribution in [0.3, 0.4) is 0 Å². The number of allylic oxidation sites excluding steroid dienone is 26. The Morgan fingerprint density at radius 1 is 0.264 bits per heavy atom. The fourth-order valence-corrected chi connectivity index (χ4v) is 12.6. The van der Waals surface area contributed by atoms with Crippen molar-refractivity contribution in [3.05, 3.63) is 158 Å². The molecule has 0 aromatic rings. The second kappa shape index (κ2) is 81.7. The maximum Gasteiger partial charge on any atom is 0.472 e. The Bertz CT molecular complexity index is 2700. The van der Waals surface area contributed by atoms with Gasteiger partial charge in [-0.1, -0.05) is 308 Å². The Kier molecular flexibility index (Phi) is 77.7. The minimum Gasteiger partial charge on any atom is -0.462 e. The second-order valence-corrected chi connectivity index (χ2v) is 30.9. The number of phosphoric ester groups is 2. The van der Waals surface area contributed by atoms with Crippen LogP contribution in [0.15, 0.2) is 158 Å². The molecule has 0 radical (unpaired) electrons. The van der Waals surface area contributed by atoms with E-state index in [1.165, 1.54) is 57.8 Å². The van der Waals surface area contributed by atoms with Crippen molar-refractivity contribution < 1.29 is 80.2 Å². The second-order valence-electron chi connectivity index (χ2n) is 28.0. The van der Waals surface area contributed by atoms with Gasteiger partial charge in [0, 0.05) is 25.7 Å². The van der Waals surface area contributed by atoms with Gasteiger partial charge in [-0.3, -0.25) is 37.3 Å². The van der Waals surface area contributed by atoms with E-state index in [-0.39, 0.29) is 25.7 Å². The molecule has 17 nitrogen and oxygen atoms in total. The average Bonchev–Trinajstić information content (AvgIpc) is 0.899.